The van der Waals surface area contributed by atoms with Gasteiger partial charge in [-0.2, -0.15) is 0 Å². The highest BCUT2D eigenvalue weighted by Crippen LogP contribution is 2.23. The fraction of sp³-hybridized carbons (Fsp3) is 0.619. The van der Waals surface area contributed by atoms with Crippen LogP contribution in [0.25, 0.3) is 0 Å². The number of nitrogens with zero attached hydrogens (tertiary/aromatic N) is 2. The molecule has 2 amide bonds. The Bertz CT molecular complexity index is 591. The Kier molecular flexibility index (Phi) is 6.67. The van der Waals surface area contributed by atoms with Crippen molar-refractivity contribution in [2.24, 2.45) is 5.92 Å². The van der Waals surface area contributed by atoms with E-state index >= 15 is 0 Å². The lowest BCUT2D eigenvalue weighted by Crippen LogP contribution is -2.51. The summed E-state index contributed by atoms with van der Waals surface area (Å²) in [6.07, 6.45) is 4.65. The van der Waals surface area contributed by atoms with Crippen molar-refractivity contribution >= 4 is 11.8 Å². The summed E-state index contributed by atoms with van der Waals surface area (Å²) in [5.41, 5.74) is 0.752. The Morgan fingerprint density at radius 3 is 2.35 bits per heavy atom. The van der Waals surface area contributed by atoms with Crippen LogP contribution >= 0.6 is 0 Å². The third kappa shape index (κ3) is 4.44. The van der Waals surface area contributed by atoms with Crippen molar-refractivity contribution in [2.75, 3.05) is 32.7 Å². The van der Waals surface area contributed by atoms with Gasteiger partial charge in [-0.1, -0.05) is 25.1 Å². The highest BCUT2D eigenvalue weighted by atomic mass is 16.2. The maximum absolute atomic E-state index is 13.0. The first-order valence-corrected chi connectivity index (χ1v) is 10.1. The predicted molar refractivity (Wildman–Crippen MR) is 103 cm³/mol. The van der Waals surface area contributed by atoms with Crippen LogP contribution in [0.15, 0.2) is 30.3 Å². The van der Waals surface area contributed by atoms with Crippen LogP contribution in [0.4, 0.5) is 0 Å². The van der Waals surface area contributed by atoms with Crippen LogP contribution < -0.4 is 5.32 Å². The topological polar surface area (TPSA) is 52.7 Å². The van der Waals surface area contributed by atoms with E-state index in [1.54, 1.807) is 0 Å². The molecule has 2 saturated heterocycles. The molecule has 2 aliphatic heterocycles. The number of hydrogen-bond acceptors (Lipinski definition) is 3. The summed E-state index contributed by atoms with van der Waals surface area (Å²) in [7, 11) is 0. The minimum atomic E-state index is 0.107. The van der Waals surface area contributed by atoms with Crippen molar-refractivity contribution in [1.29, 1.82) is 0 Å². The molecule has 1 aromatic carbocycles. The van der Waals surface area contributed by atoms with Crippen LogP contribution in [0.2, 0.25) is 0 Å². The molecule has 2 fully saturated rings. The molecule has 5 heteroatoms. The first-order chi connectivity index (χ1) is 12.7. The molecular formula is C21H31N3O2. The van der Waals surface area contributed by atoms with Gasteiger partial charge in [0.2, 0.25) is 5.91 Å². The van der Waals surface area contributed by atoms with Gasteiger partial charge in [-0.3, -0.25) is 9.59 Å². The Morgan fingerprint density at radius 2 is 1.73 bits per heavy atom. The fourth-order valence-corrected chi connectivity index (χ4v) is 4.16. The molecule has 0 aromatic heterocycles. The number of amides is 2. The summed E-state index contributed by atoms with van der Waals surface area (Å²) in [5, 5.41) is 3.34. The van der Waals surface area contributed by atoms with Gasteiger partial charge in [-0.05, 0) is 57.3 Å². The zero-order valence-electron chi connectivity index (χ0n) is 15.8. The van der Waals surface area contributed by atoms with Gasteiger partial charge in [-0.15, -0.1) is 0 Å². The van der Waals surface area contributed by atoms with Gasteiger partial charge in [-0.25, -0.2) is 0 Å². The standard InChI is InChI=1S/C21H31N3O2/c1-2-14-24(21(26)18-8-12-22-13-9-18)19-10-15-23(16-11-19)20(25)17-6-4-3-5-7-17/h3-7,18-19,22H,2,8-16H2,1H3. The third-order valence-electron chi connectivity index (χ3n) is 5.65. The highest BCUT2D eigenvalue weighted by Gasteiger charge is 2.33. The second-order valence-electron chi connectivity index (χ2n) is 7.45. The maximum atomic E-state index is 13.0. The lowest BCUT2D eigenvalue weighted by molar-refractivity contribution is -0.139. The molecule has 26 heavy (non-hydrogen) atoms. The first kappa shape index (κ1) is 18.9. The number of likely N-dealkylation sites (tertiary alicyclic amines) is 1. The molecule has 1 aromatic rings. The van der Waals surface area contributed by atoms with E-state index in [1.807, 2.05) is 35.2 Å². The summed E-state index contributed by atoms with van der Waals surface area (Å²) in [6, 6.07) is 9.76. The van der Waals surface area contributed by atoms with Crippen LogP contribution in [-0.4, -0.2) is 60.4 Å². The van der Waals surface area contributed by atoms with Gasteiger partial charge >= 0.3 is 0 Å². The van der Waals surface area contributed by atoms with E-state index in [2.05, 4.69) is 17.1 Å². The Morgan fingerprint density at radius 1 is 1.08 bits per heavy atom. The van der Waals surface area contributed by atoms with E-state index in [4.69, 9.17) is 0 Å². The molecule has 3 rings (SSSR count). The molecule has 0 spiro atoms. The monoisotopic (exact) mass is 357 g/mol. The van der Waals surface area contributed by atoms with Crippen LogP contribution in [0, 0.1) is 5.92 Å². The van der Waals surface area contributed by atoms with Gasteiger partial charge in [0.1, 0.15) is 0 Å². The van der Waals surface area contributed by atoms with Crippen molar-refractivity contribution < 1.29 is 9.59 Å². The Labute approximate surface area is 156 Å². The second-order valence-corrected chi connectivity index (χ2v) is 7.45. The van der Waals surface area contributed by atoms with E-state index in [9.17, 15) is 9.59 Å². The van der Waals surface area contributed by atoms with E-state index in [0.717, 1.165) is 70.4 Å². The average molecular weight is 357 g/mol. The fourth-order valence-electron chi connectivity index (χ4n) is 4.16. The summed E-state index contributed by atoms with van der Waals surface area (Å²) < 4.78 is 0. The lowest BCUT2D eigenvalue weighted by atomic mass is 9.94. The van der Waals surface area contributed by atoms with Crippen molar-refractivity contribution in [3.63, 3.8) is 0 Å². The number of carbonyl (C=O) groups is 2. The molecule has 2 aliphatic rings. The van der Waals surface area contributed by atoms with Crippen LogP contribution in [0.3, 0.4) is 0 Å². The van der Waals surface area contributed by atoms with Crippen molar-refractivity contribution in [1.82, 2.24) is 15.1 Å². The number of hydrogen-bond donors (Lipinski definition) is 1. The average Bonchev–Trinajstić information content (AvgIpc) is 2.72. The van der Waals surface area contributed by atoms with Gasteiger partial charge in [0.05, 0.1) is 0 Å². The molecule has 1 N–H and O–H groups in total. The zero-order chi connectivity index (χ0) is 18.4. The molecule has 0 radical (unpaired) electrons. The third-order valence-corrected chi connectivity index (χ3v) is 5.65. The molecule has 0 atom stereocenters. The minimum absolute atomic E-state index is 0.107. The minimum Gasteiger partial charge on any atom is -0.339 e. The van der Waals surface area contributed by atoms with Crippen molar-refractivity contribution in [3.8, 4) is 0 Å². The molecule has 2 heterocycles. The zero-order valence-corrected chi connectivity index (χ0v) is 15.8. The molecule has 0 saturated carbocycles. The molecule has 0 aliphatic carbocycles. The van der Waals surface area contributed by atoms with Gasteiger partial charge in [0, 0.05) is 37.2 Å². The largest absolute Gasteiger partial charge is 0.339 e. The molecule has 142 valence electrons. The smallest absolute Gasteiger partial charge is 0.253 e. The SMILES string of the molecule is CCCN(C(=O)C1CCNCC1)C1CCN(C(=O)c2ccccc2)CC1. The number of benzene rings is 1. The van der Waals surface area contributed by atoms with Crippen LogP contribution in [0.5, 0.6) is 0 Å². The van der Waals surface area contributed by atoms with Gasteiger partial charge in [0.15, 0.2) is 0 Å². The van der Waals surface area contributed by atoms with Crippen molar-refractivity contribution in [3.05, 3.63) is 35.9 Å². The van der Waals surface area contributed by atoms with Gasteiger partial charge in [0.25, 0.3) is 5.91 Å². The molecule has 0 unspecified atom stereocenters. The lowest BCUT2D eigenvalue weighted by Gasteiger charge is -2.40. The normalized spacial score (nSPS) is 19.3. The first-order valence-electron chi connectivity index (χ1n) is 10.1. The molecular weight excluding hydrogens is 326 g/mol. The predicted octanol–water partition coefficient (Wildman–Crippen LogP) is 2.53. The van der Waals surface area contributed by atoms with Crippen LogP contribution in [0.1, 0.15) is 49.4 Å². The number of carbonyl (C=O) groups excluding carboxylic acids is 2. The number of nitrogens with one attached hydrogen (secondary N) is 1. The molecule has 5 nitrogen and oxygen atoms in total. The summed E-state index contributed by atoms with van der Waals surface area (Å²) in [6.45, 7) is 6.33. The summed E-state index contributed by atoms with van der Waals surface area (Å²) in [4.78, 5) is 29.7. The van der Waals surface area contributed by atoms with E-state index in [0.29, 0.717) is 5.91 Å². The summed E-state index contributed by atoms with van der Waals surface area (Å²) >= 11 is 0. The number of rotatable bonds is 5. The van der Waals surface area contributed by atoms with E-state index in [-0.39, 0.29) is 17.9 Å². The molecule has 0 bridgehead atoms. The number of piperidine rings is 2. The Hall–Kier alpha value is -1.88. The second kappa shape index (κ2) is 9.17. The van der Waals surface area contributed by atoms with E-state index in [1.165, 1.54) is 0 Å². The van der Waals surface area contributed by atoms with Crippen LogP contribution in [-0.2, 0) is 4.79 Å². The quantitative estimate of drug-likeness (QED) is 0.881. The summed E-state index contributed by atoms with van der Waals surface area (Å²) in [5.74, 6) is 0.615. The van der Waals surface area contributed by atoms with E-state index < -0.39 is 0 Å². The van der Waals surface area contributed by atoms with Gasteiger partial charge < -0.3 is 15.1 Å². The maximum Gasteiger partial charge on any atom is 0.253 e. The highest BCUT2D eigenvalue weighted by molar-refractivity contribution is 5.94. The Balaban J connectivity index is 1.59. The van der Waals surface area contributed by atoms with Crippen molar-refractivity contribution in [2.45, 2.75) is 45.1 Å².